The maximum absolute atomic E-state index is 12.3. The summed E-state index contributed by atoms with van der Waals surface area (Å²) < 4.78 is 2.01. The van der Waals surface area contributed by atoms with Gasteiger partial charge in [-0.25, -0.2) is 0 Å². The number of thiophene rings is 1. The van der Waals surface area contributed by atoms with Crippen LogP contribution < -0.4 is 4.90 Å². The van der Waals surface area contributed by atoms with Gasteiger partial charge in [0.25, 0.3) is 0 Å². The first kappa shape index (κ1) is 24.9. The molecular formula is C29H31N5O2S. The van der Waals surface area contributed by atoms with E-state index in [4.69, 9.17) is 4.99 Å². The van der Waals surface area contributed by atoms with Crippen molar-refractivity contribution >= 4 is 28.7 Å². The van der Waals surface area contributed by atoms with Crippen molar-refractivity contribution in [3.63, 3.8) is 0 Å². The van der Waals surface area contributed by atoms with Crippen molar-refractivity contribution in [3.8, 4) is 5.00 Å². The van der Waals surface area contributed by atoms with Gasteiger partial charge in [-0.3, -0.25) is 14.4 Å². The van der Waals surface area contributed by atoms with Gasteiger partial charge in [0.15, 0.2) is 5.82 Å². The molecule has 0 saturated carbocycles. The van der Waals surface area contributed by atoms with Crippen LogP contribution in [0.15, 0.2) is 59.6 Å². The predicted molar refractivity (Wildman–Crippen MR) is 148 cm³/mol. The Bertz CT molecular complexity index is 1470. The van der Waals surface area contributed by atoms with Crippen molar-refractivity contribution in [1.29, 1.82) is 0 Å². The zero-order valence-electron chi connectivity index (χ0n) is 21.8. The summed E-state index contributed by atoms with van der Waals surface area (Å²) >= 11 is 1.68. The number of hydrogen-bond donors (Lipinski definition) is 1. The van der Waals surface area contributed by atoms with Gasteiger partial charge in [-0.05, 0) is 50.5 Å². The van der Waals surface area contributed by atoms with Crippen LogP contribution in [0.5, 0.6) is 0 Å². The highest BCUT2D eigenvalue weighted by Crippen LogP contribution is 2.41. The maximum Gasteiger partial charge on any atom is 0.309 e. The molecule has 0 aliphatic carbocycles. The molecule has 0 saturated heterocycles. The fourth-order valence-corrected chi connectivity index (χ4v) is 6.19. The smallest absolute Gasteiger partial charge is 0.309 e. The standard InChI is InChI=1S/C29H31N5O2S/c1-6-23(29(35)36)26-27-32-31-19(4)34(27)28-24(17(2)18(3)37-28)25(30-26)21-12-14-22(15-13-21)33(5)16-20-10-8-7-9-11-20/h7-15,23,26H,6,16H2,1-5H3,(H,35,36)/t23?,26-/m0/s1. The van der Waals surface area contributed by atoms with E-state index in [-0.39, 0.29) is 0 Å². The molecule has 2 atom stereocenters. The van der Waals surface area contributed by atoms with Gasteiger partial charge in [0.2, 0.25) is 0 Å². The van der Waals surface area contributed by atoms with Gasteiger partial charge in [0.1, 0.15) is 16.9 Å². The topological polar surface area (TPSA) is 83.6 Å². The van der Waals surface area contributed by atoms with Gasteiger partial charge in [-0.1, -0.05) is 49.4 Å². The van der Waals surface area contributed by atoms with Crippen molar-refractivity contribution in [3.05, 3.63) is 93.4 Å². The average molecular weight is 514 g/mol. The van der Waals surface area contributed by atoms with Crippen molar-refractivity contribution in [2.24, 2.45) is 10.9 Å². The van der Waals surface area contributed by atoms with Gasteiger partial charge in [0, 0.05) is 35.3 Å². The molecule has 7 nitrogen and oxygen atoms in total. The lowest BCUT2D eigenvalue weighted by molar-refractivity contribution is -0.142. The van der Waals surface area contributed by atoms with Gasteiger partial charge >= 0.3 is 5.97 Å². The maximum atomic E-state index is 12.3. The third kappa shape index (κ3) is 4.46. The lowest BCUT2D eigenvalue weighted by atomic mass is 9.95. The molecule has 2 aromatic carbocycles. The third-order valence-electron chi connectivity index (χ3n) is 7.17. The molecular weight excluding hydrogens is 482 g/mol. The van der Waals surface area contributed by atoms with E-state index in [9.17, 15) is 9.90 Å². The Labute approximate surface area is 221 Å². The van der Waals surface area contributed by atoms with Crippen LogP contribution in [0.1, 0.15) is 58.2 Å². The summed E-state index contributed by atoms with van der Waals surface area (Å²) in [5, 5.41) is 19.8. The number of aryl methyl sites for hydroxylation is 2. The Morgan fingerprint density at radius 3 is 2.43 bits per heavy atom. The summed E-state index contributed by atoms with van der Waals surface area (Å²) in [4.78, 5) is 20.8. The molecule has 0 bridgehead atoms. The number of benzene rings is 2. The van der Waals surface area contributed by atoms with Crippen LogP contribution in [0.3, 0.4) is 0 Å². The fraction of sp³-hybridized carbons (Fsp3) is 0.310. The number of fused-ring (bicyclic) bond motifs is 3. The molecule has 2 aromatic heterocycles. The first-order valence-electron chi connectivity index (χ1n) is 12.5. The van der Waals surface area contributed by atoms with E-state index in [1.54, 1.807) is 11.3 Å². The number of hydrogen-bond acceptors (Lipinski definition) is 6. The second-order valence-corrected chi connectivity index (χ2v) is 10.8. The largest absolute Gasteiger partial charge is 0.481 e. The number of anilines is 1. The minimum absolute atomic E-state index is 0.442. The first-order valence-corrected chi connectivity index (χ1v) is 13.3. The average Bonchev–Trinajstić information content (AvgIpc) is 3.36. The molecule has 0 radical (unpaired) electrons. The molecule has 0 fully saturated rings. The van der Waals surface area contributed by atoms with E-state index < -0.39 is 17.9 Å². The summed E-state index contributed by atoms with van der Waals surface area (Å²) in [5.74, 6) is -0.261. The lowest BCUT2D eigenvalue weighted by Gasteiger charge is -2.20. The highest BCUT2D eigenvalue weighted by molar-refractivity contribution is 7.15. The van der Waals surface area contributed by atoms with Crippen molar-refractivity contribution in [1.82, 2.24) is 14.8 Å². The molecule has 1 N–H and O–H groups in total. The minimum Gasteiger partial charge on any atom is -0.481 e. The SMILES string of the molecule is CCC(C(=O)O)[C@@H]1N=C(c2ccc(N(C)Cc3ccccc3)cc2)c2c(sc(C)c2C)-n2c(C)nnc21. The number of aromatic nitrogens is 3. The van der Waals surface area contributed by atoms with E-state index in [1.165, 1.54) is 10.4 Å². The van der Waals surface area contributed by atoms with Crippen LogP contribution in [0, 0.1) is 26.7 Å². The van der Waals surface area contributed by atoms with Crippen molar-refractivity contribution in [2.45, 2.75) is 46.7 Å². The summed E-state index contributed by atoms with van der Waals surface area (Å²) in [7, 11) is 2.08. The van der Waals surface area contributed by atoms with Crippen molar-refractivity contribution < 1.29 is 9.90 Å². The number of carboxylic acid groups (broad SMARTS) is 1. The van der Waals surface area contributed by atoms with Crippen LogP contribution in [-0.4, -0.2) is 38.6 Å². The van der Waals surface area contributed by atoms with Crippen LogP contribution in [0.4, 0.5) is 5.69 Å². The first-order chi connectivity index (χ1) is 17.8. The second kappa shape index (κ2) is 9.94. The summed E-state index contributed by atoms with van der Waals surface area (Å²) in [6.07, 6.45) is 0.442. The molecule has 4 aromatic rings. The Morgan fingerprint density at radius 2 is 1.78 bits per heavy atom. The van der Waals surface area contributed by atoms with Crippen molar-refractivity contribution in [2.75, 3.05) is 11.9 Å². The molecule has 37 heavy (non-hydrogen) atoms. The number of rotatable bonds is 7. The van der Waals surface area contributed by atoms with Crippen LogP contribution in [-0.2, 0) is 11.3 Å². The number of carboxylic acids is 1. The summed E-state index contributed by atoms with van der Waals surface area (Å²) in [5.41, 5.74) is 6.29. The van der Waals surface area contributed by atoms with E-state index >= 15 is 0 Å². The van der Waals surface area contributed by atoms with Gasteiger partial charge in [0.05, 0.1) is 11.6 Å². The molecule has 5 rings (SSSR count). The Morgan fingerprint density at radius 1 is 1.08 bits per heavy atom. The molecule has 8 heteroatoms. The van der Waals surface area contributed by atoms with Gasteiger partial charge in [-0.15, -0.1) is 21.5 Å². The van der Waals surface area contributed by atoms with E-state index in [0.717, 1.165) is 45.5 Å². The normalized spacial score (nSPS) is 15.4. The van der Waals surface area contributed by atoms with Crippen LogP contribution in [0.2, 0.25) is 0 Å². The third-order valence-corrected chi connectivity index (χ3v) is 8.36. The van der Waals surface area contributed by atoms with Crippen LogP contribution >= 0.6 is 11.3 Å². The Kier molecular flexibility index (Phi) is 6.69. The molecule has 0 spiro atoms. The summed E-state index contributed by atoms with van der Waals surface area (Å²) in [6.45, 7) is 8.81. The fourth-order valence-electron chi connectivity index (χ4n) is 4.97. The predicted octanol–water partition coefficient (Wildman–Crippen LogP) is 5.89. The number of carbonyl (C=O) groups is 1. The zero-order chi connectivity index (χ0) is 26.3. The van der Waals surface area contributed by atoms with Gasteiger partial charge in [-0.2, -0.15) is 0 Å². The molecule has 190 valence electrons. The van der Waals surface area contributed by atoms with E-state index in [1.807, 2.05) is 24.5 Å². The molecule has 1 unspecified atom stereocenters. The summed E-state index contributed by atoms with van der Waals surface area (Å²) in [6, 6.07) is 18.1. The molecule has 1 aliphatic heterocycles. The molecule has 1 aliphatic rings. The lowest BCUT2D eigenvalue weighted by Crippen LogP contribution is -2.23. The molecule has 3 heterocycles. The number of aliphatic imine (C=N–C) groups is 1. The van der Waals surface area contributed by atoms with E-state index in [0.29, 0.717) is 12.2 Å². The zero-order valence-corrected chi connectivity index (χ0v) is 22.6. The monoisotopic (exact) mass is 513 g/mol. The Hall–Kier alpha value is -3.78. The second-order valence-electron chi connectivity index (χ2n) is 9.57. The Balaban J connectivity index is 1.61. The quantitative estimate of drug-likeness (QED) is 0.333. The highest BCUT2D eigenvalue weighted by atomic mass is 32.1. The number of aliphatic carboxylic acids is 1. The van der Waals surface area contributed by atoms with Gasteiger partial charge < -0.3 is 10.0 Å². The van der Waals surface area contributed by atoms with Crippen LogP contribution in [0.25, 0.3) is 5.00 Å². The minimum atomic E-state index is -0.876. The molecule has 0 amide bonds. The van der Waals surface area contributed by atoms with E-state index in [2.05, 4.69) is 84.5 Å². The number of nitrogens with zero attached hydrogens (tertiary/aromatic N) is 5. The highest BCUT2D eigenvalue weighted by Gasteiger charge is 2.37.